The van der Waals surface area contributed by atoms with Crippen molar-refractivity contribution in [1.82, 2.24) is 9.78 Å². The predicted molar refractivity (Wildman–Crippen MR) is 117 cm³/mol. The minimum atomic E-state index is -0.590. The van der Waals surface area contributed by atoms with E-state index in [0.717, 1.165) is 21.8 Å². The largest absolute Gasteiger partial charge is 0.444 e. The number of aromatic nitrogens is 2. The third-order valence-electron chi connectivity index (χ3n) is 4.09. The zero-order chi connectivity index (χ0) is 20.2. The van der Waals surface area contributed by atoms with E-state index in [-0.39, 0.29) is 6.61 Å². The van der Waals surface area contributed by atoms with E-state index in [1.54, 1.807) is 34.2 Å². The Bertz CT molecular complexity index is 1130. The van der Waals surface area contributed by atoms with Gasteiger partial charge in [0.05, 0.1) is 20.6 Å². The van der Waals surface area contributed by atoms with Crippen LogP contribution in [0.2, 0.25) is 10.0 Å². The van der Waals surface area contributed by atoms with Crippen molar-refractivity contribution in [2.75, 3.05) is 5.32 Å². The molecule has 2 aromatic heterocycles. The number of benzene rings is 2. The highest BCUT2D eigenvalue weighted by Crippen LogP contribution is 2.29. The summed E-state index contributed by atoms with van der Waals surface area (Å²) in [4.78, 5) is 13.2. The Hall–Kier alpha value is -2.80. The van der Waals surface area contributed by atoms with Gasteiger partial charge in [-0.2, -0.15) is 5.10 Å². The minimum Gasteiger partial charge on any atom is -0.444 e. The number of carbonyl (C=O) groups is 1. The van der Waals surface area contributed by atoms with E-state index in [2.05, 4.69) is 10.4 Å². The summed E-state index contributed by atoms with van der Waals surface area (Å²) in [7, 11) is 0. The summed E-state index contributed by atoms with van der Waals surface area (Å²) in [5, 5.41) is 10.1. The summed E-state index contributed by atoms with van der Waals surface area (Å²) < 4.78 is 7.20. The predicted octanol–water partition coefficient (Wildman–Crippen LogP) is 6.66. The minimum absolute atomic E-state index is 0.0766. The Labute approximate surface area is 181 Å². The fourth-order valence-electron chi connectivity index (χ4n) is 2.72. The van der Waals surface area contributed by atoms with Crippen LogP contribution in [0.3, 0.4) is 0 Å². The molecule has 1 N–H and O–H groups in total. The molecule has 0 unspecified atom stereocenters. The summed E-state index contributed by atoms with van der Waals surface area (Å²) in [5.41, 5.74) is 3.02. The summed E-state index contributed by atoms with van der Waals surface area (Å²) in [6.07, 6.45) is 1.28. The maximum absolute atomic E-state index is 12.2. The monoisotopic (exact) mass is 443 g/mol. The molecule has 0 aliphatic heterocycles. The Morgan fingerprint density at radius 3 is 2.62 bits per heavy atom. The number of anilines is 1. The van der Waals surface area contributed by atoms with Gasteiger partial charge in [0.15, 0.2) is 0 Å². The van der Waals surface area contributed by atoms with Crippen LogP contribution in [0.15, 0.2) is 72.2 Å². The molecule has 0 spiro atoms. The van der Waals surface area contributed by atoms with Gasteiger partial charge < -0.3 is 4.74 Å². The van der Waals surface area contributed by atoms with Crippen LogP contribution in [-0.2, 0) is 11.3 Å². The molecule has 29 heavy (non-hydrogen) atoms. The molecule has 0 aliphatic carbocycles. The van der Waals surface area contributed by atoms with Crippen LogP contribution < -0.4 is 5.32 Å². The first kappa shape index (κ1) is 19.5. The van der Waals surface area contributed by atoms with Crippen LogP contribution in [0.4, 0.5) is 10.5 Å². The number of nitrogens with zero attached hydrogens (tertiary/aromatic N) is 2. The number of nitrogens with one attached hydrogen (secondary N) is 1. The van der Waals surface area contributed by atoms with Crippen LogP contribution in [0.1, 0.15) is 5.56 Å². The maximum Gasteiger partial charge on any atom is 0.411 e. The highest BCUT2D eigenvalue weighted by atomic mass is 35.5. The molecule has 0 aliphatic rings. The molecule has 4 aromatic rings. The van der Waals surface area contributed by atoms with Gasteiger partial charge in [-0.15, -0.1) is 11.3 Å². The Morgan fingerprint density at radius 2 is 1.90 bits per heavy atom. The van der Waals surface area contributed by atoms with Crippen molar-refractivity contribution in [3.8, 4) is 16.3 Å². The Kier molecular flexibility index (Phi) is 5.85. The molecule has 4 rings (SSSR count). The lowest BCUT2D eigenvalue weighted by Crippen LogP contribution is -2.13. The highest BCUT2D eigenvalue weighted by molar-refractivity contribution is 7.13. The van der Waals surface area contributed by atoms with Gasteiger partial charge in [0.1, 0.15) is 12.3 Å². The van der Waals surface area contributed by atoms with Crippen LogP contribution in [0.5, 0.6) is 0 Å². The number of rotatable bonds is 5. The summed E-state index contributed by atoms with van der Waals surface area (Å²) in [6.45, 7) is 0.0766. The number of halogens is 2. The van der Waals surface area contributed by atoms with Crippen molar-refractivity contribution in [3.05, 3.63) is 87.8 Å². The van der Waals surface area contributed by atoms with E-state index in [0.29, 0.717) is 15.7 Å². The topological polar surface area (TPSA) is 56.1 Å². The van der Waals surface area contributed by atoms with E-state index >= 15 is 0 Å². The third-order valence-corrected chi connectivity index (χ3v) is 5.71. The molecule has 0 bridgehead atoms. The second-order valence-electron chi connectivity index (χ2n) is 6.09. The fourth-order valence-corrected chi connectivity index (χ4v) is 3.76. The fraction of sp³-hybridized carbons (Fsp3) is 0.0476. The van der Waals surface area contributed by atoms with Gasteiger partial charge in [0.2, 0.25) is 0 Å². The first-order valence-corrected chi connectivity index (χ1v) is 10.3. The lowest BCUT2D eigenvalue weighted by molar-refractivity contribution is 0.155. The van der Waals surface area contributed by atoms with Crippen molar-refractivity contribution in [2.45, 2.75) is 6.61 Å². The van der Waals surface area contributed by atoms with E-state index in [1.165, 1.54) is 0 Å². The number of hydrogen-bond acceptors (Lipinski definition) is 4. The normalized spacial score (nSPS) is 10.7. The molecule has 0 saturated heterocycles. The molecular formula is C21H15Cl2N3O2S. The first-order chi connectivity index (χ1) is 14.1. The zero-order valence-corrected chi connectivity index (χ0v) is 17.3. The average molecular weight is 444 g/mol. The molecule has 0 radical (unpaired) electrons. The molecule has 2 aromatic carbocycles. The van der Waals surface area contributed by atoms with Crippen molar-refractivity contribution < 1.29 is 9.53 Å². The van der Waals surface area contributed by atoms with E-state index in [4.69, 9.17) is 27.9 Å². The van der Waals surface area contributed by atoms with Gasteiger partial charge in [-0.25, -0.2) is 9.48 Å². The highest BCUT2D eigenvalue weighted by Gasteiger charge is 2.15. The molecule has 5 nitrogen and oxygen atoms in total. The lowest BCUT2D eigenvalue weighted by Gasteiger charge is -2.07. The molecule has 8 heteroatoms. The first-order valence-electron chi connectivity index (χ1n) is 8.67. The van der Waals surface area contributed by atoms with E-state index in [9.17, 15) is 4.79 Å². The van der Waals surface area contributed by atoms with E-state index < -0.39 is 6.09 Å². The van der Waals surface area contributed by atoms with Crippen LogP contribution in [0.25, 0.3) is 16.3 Å². The number of hydrogen-bond donors (Lipinski definition) is 1. The maximum atomic E-state index is 12.2. The number of ether oxygens (including phenoxy) is 1. The summed E-state index contributed by atoms with van der Waals surface area (Å²) in [6, 6.07) is 18.5. The van der Waals surface area contributed by atoms with Gasteiger partial charge in [-0.05, 0) is 41.8 Å². The van der Waals surface area contributed by atoms with E-state index in [1.807, 2.05) is 54.0 Å². The van der Waals surface area contributed by atoms with Gasteiger partial charge in [0.25, 0.3) is 0 Å². The zero-order valence-electron chi connectivity index (χ0n) is 15.0. The number of carbonyl (C=O) groups excluding carboxylic acids is 1. The van der Waals surface area contributed by atoms with Gasteiger partial charge >= 0.3 is 6.09 Å². The standard InChI is InChI=1S/C21H15Cl2N3O2S/c22-17-9-8-15(11-18(17)23)24-21(27)28-13-14-12-26(16-5-2-1-3-6-16)25-20(14)19-7-4-10-29-19/h1-12H,13H2,(H,24,27). The lowest BCUT2D eigenvalue weighted by atomic mass is 10.2. The van der Waals surface area contributed by atoms with Crippen molar-refractivity contribution >= 4 is 46.3 Å². The molecule has 0 fully saturated rings. The third kappa shape index (κ3) is 4.62. The van der Waals surface area contributed by atoms with Crippen molar-refractivity contribution in [3.63, 3.8) is 0 Å². The average Bonchev–Trinajstić information content (AvgIpc) is 3.39. The Balaban J connectivity index is 1.52. The molecule has 146 valence electrons. The molecular weight excluding hydrogens is 429 g/mol. The van der Waals surface area contributed by atoms with Crippen LogP contribution in [-0.4, -0.2) is 15.9 Å². The quantitative estimate of drug-likeness (QED) is 0.375. The second-order valence-corrected chi connectivity index (χ2v) is 7.85. The number of para-hydroxylation sites is 1. The van der Waals surface area contributed by atoms with Crippen LogP contribution in [0, 0.1) is 0 Å². The van der Waals surface area contributed by atoms with Crippen molar-refractivity contribution in [1.29, 1.82) is 0 Å². The summed E-state index contributed by atoms with van der Waals surface area (Å²) in [5.74, 6) is 0. The summed E-state index contributed by atoms with van der Waals surface area (Å²) >= 11 is 13.4. The molecule has 2 heterocycles. The molecule has 0 saturated carbocycles. The van der Waals surface area contributed by atoms with Crippen molar-refractivity contribution in [2.24, 2.45) is 0 Å². The molecule has 1 amide bonds. The number of amides is 1. The van der Waals surface area contributed by atoms with Crippen LogP contribution >= 0.6 is 34.5 Å². The second kappa shape index (κ2) is 8.69. The SMILES string of the molecule is O=C(Nc1ccc(Cl)c(Cl)c1)OCc1cn(-c2ccccc2)nc1-c1cccs1. The van der Waals surface area contributed by atoms with Gasteiger partial charge in [-0.1, -0.05) is 47.5 Å². The van der Waals surface area contributed by atoms with Gasteiger partial charge in [0, 0.05) is 17.4 Å². The van der Waals surface area contributed by atoms with Gasteiger partial charge in [-0.3, -0.25) is 5.32 Å². The smallest absolute Gasteiger partial charge is 0.411 e. The molecule has 0 atom stereocenters. The number of thiophene rings is 1. The Morgan fingerprint density at radius 1 is 1.07 bits per heavy atom.